The van der Waals surface area contributed by atoms with Gasteiger partial charge >= 0.3 is 0 Å². The van der Waals surface area contributed by atoms with Crippen molar-refractivity contribution in [3.63, 3.8) is 0 Å². The maximum atomic E-state index is 6.65. The molecule has 0 amide bonds. The van der Waals surface area contributed by atoms with Crippen LogP contribution in [0.5, 0.6) is 11.5 Å². The molecule has 1 heterocycles. The van der Waals surface area contributed by atoms with Gasteiger partial charge in [0.15, 0.2) is 11.5 Å². The summed E-state index contributed by atoms with van der Waals surface area (Å²) < 4.78 is 12.8. The number of ether oxygens (including phenoxy) is 2. The highest BCUT2D eigenvalue weighted by molar-refractivity contribution is 5.40. The molecule has 4 nitrogen and oxygen atoms in total. The molecule has 0 unspecified atom stereocenters. The standard InChI is InChI=1S/C33H36N2O2/c1-4-12-28(13-5-1)26-35-24-22-34(23-25-35)21-20-31(30-16-8-3-9-17-30)37-33-19-11-10-18-32(33)36-27-29-14-6-2-7-15-29/h1-19,31H,20-27H2/t31-/m1/s1. The normalized spacial score (nSPS) is 15.2. The first-order valence-corrected chi connectivity index (χ1v) is 13.3. The minimum atomic E-state index is -0.0370. The van der Waals surface area contributed by atoms with Gasteiger partial charge in [-0.15, -0.1) is 0 Å². The van der Waals surface area contributed by atoms with Crippen LogP contribution in [-0.2, 0) is 13.2 Å². The fourth-order valence-corrected chi connectivity index (χ4v) is 4.83. The molecule has 0 radical (unpaired) electrons. The number of hydrogen-bond donors (Lipinski definition) is 0. The van der Waals surface area contributed by atoms with E-state index in [9.17, 15) is 0 Å². The van der Waals surface area contributed by atoms with Crippen LogP contribution < -0.4 is 9.47 Å². The third-order valence-corrected chi connectivity index (χ3v) is 6.95. The number of benzene rings is 4. The average Bonchev–Trinajstić information content (AvgIpc) is 2.97. The Labute approximate surface area is 221 Å². The van der Waals surface area contributed by atoms with E-state index in [1.165, 1.54) is 11.1 Å². The monoisotopic (exact) mass is 492 g/mol. The van der Waals surface area contributed by atoms with E-state index in [1.807, 2.05) is 42.5 Å². The van der Waals surface area contributed by atoms with Crippen molar-refractivity contribution in [3.8, 4) is 11.5 Å². The number of hydrogen-bond acceptors (Lipinski definition) is 4. The smallest absolute Gasteiger partial charge is 0.162 e. The summed E-state index contributed by atoms with van der Waals surface area (Å²) in [6.45, 7) is 6.93. The maximum absolute atomic E-state index is 6.65. The molecule has 190 valence electrons. The third-order valence-electron chi connectivity index (χ3n) is 6.95. The molecule has 0 saturated carbocycles. The molecule has 0 aromatic heterocycles. The van der Waals surface area contributed by atoms with Crippen molar-refractivity contribution >= 4 is 0 Å². The molecular formula is C33H36N2O2. The molecule has 1 fully saturated rings. The molecule has 37 heavy (non-hydrogen) atoms. The van der Waals surface area contributed by atoms with Crippen LogP contribution in [0.3, 0.4) is 0 Å². The molecule has 1 saturated heterocycles. The summed E-state index contributed by atoms with van der Waals surface area (Å²) in [7, 11) is 0. The lowest BCUT2D eigenvalue weighted by atomic mass is 10.1. The lowest BCUT2D eigenvalue weighted by Crippen LogP contribution is -2.46. The predicted molar refractivity (Wildman–Crippen MR) is 150 cm³/mol. The second-order valence-corrected chi connectivity index (χ2v) is 9.63. The van der Waals surface area contributed by atoms with Crippen molar-refractivity contribution in [2.45, 2.75) is 25.7 Å². The van der Waals surface area contributed by atoms with Gasteiger partial charge in [0.25, 0.3) is 0 Å². The van der Waals surface area contributed by atoms with Crippen molar-refractivity contribution in [2.75, 3.05) is 32.7 Å². The molecule has 1 atom stereocenters. The van der Waals surface area contributed by atoms with Gasteiger partial charge in [0, 0.05) is 45.7 Å². The van der Waals surface area contributed by atoms with Crippen LogP contribution in [-0.4, -0.2) is 42.5 Å². The topological polar surface area (TPSA) is 24.9 Å². The van der Waals surface area contributed by atoms with Crippen molar-refractivity contribution in [1.29, 1.82) is 0 Å². The van der Waals surface area contributed by atoms with Crippen LogP contribution in [0.2, 0.25) is 0 Å². The van der Waals surface area contributed by atoms with Crippen LogP contribution >= 0.6 is 0 Å². The second-order valence-electron chi connectivity index (χ2n) is 9.63. The van der Waals surface area contributed by atoms with Gasteiger partial charge in [-0.2, -0.15) is 0 Å². The number of para-hydroxylation sites is 2. The van der Waals surface area contributed by atoms with Crippen molar-refractivity contribution in [1.82, 2.24) is 9.80 Å². The van der Waals surface area contributed by atoms with Crippen LogP contribution in [0.1, 0.15) is 29.2 Å². The molecule has 1 aliphatic rings. The Morgan fingerprint density at radius 1 is 0.568 bits per heavy atom. The first kappa shape index (κ1) is 25.1. The summed E-state index contributed by atoms with van der Waals surface area (Å²) in [5, 5.41) is 0. The average molecular weight is 493 g/mol. The van der Waals surface area contributed by atoms with E-state index in [1.54, 1.807) is 0 Å². The summed E-state index contributed by atoms with van der Waals surface area (Å²) in [6.07, 6.45) is 0.889. The van der Waals surface area contributed by atoms with Gasteiger partial charge in [-0.25, -0.2) is 0 Å². The molecule has 0 spiro atoms. The quantitative estimate of drug-likeness (QED) is 0.236. The van der Waals surface area contributed by atoms with Gasteiger partial charge in [0.1, 0.15) is 12.7 Å². The van der Waals surface area contributed by atoms with Gasteiger partial charge in [0.2, 0.25) is 0 Å². The zero-order chi connectivity index (χ0) is 25.1. The lowest BCUT2D eigenvalue weighted by molar-refractivity contribution is 0.105. The third kappa shape index (κ3) is 7.45. The second kappa shape index (κ2) is 13.1. The zero-order valence-electron chi connectivity index (χ0n) is 21.4. The summed E-state index contributed by atoms with van der Waals surface area (Å²) in [4.78, 5) is 5.12. The predicted octanol–water partition coefficient (Wildman–Crippen LogP) is 6.59. The molecule has 5 rings (SSSR count). The van der Waals surface area contributed by atoms with Crippen LogP contribution in [0.4, 0.5) is 0 Å². The Balaban J connectivity index is 1.19. The van der Waals surface area contributed by atoms with Crippen molar-refractivity contribution < 1.29 is 9.47 Å². The van der Waals surface area contributed by atoms with Gasteiger partial charge in [-0.05, 0) is 28.8 Å². The summed E-state index contributed by atoms with van der Waals surface area (Å²) >= 11 is 0. The Kier molecular flexibility index (Phi) is 8.87. The van der Waals surface area contributed by atoms with Crippen LogP contribution in [0, 0.1) is 0 Å². The molecule has 4 aromatic carbocycles. The minimum absolute atomic E-state index is 0.0370. The van der Waals surface area contributed by atoms with Crippen molar-refractivity contribution in [3.05, 3.63) is 132 Å². The largest absolute Gasteiger partial charge is 0.485 e. The van der Waals surface area contributed by atoms with E-state index >= 15 is 0 Å². The fraction of sp³-hybridized carbons (Fsp3) is 0.273. The van der Waals surface area contributed by atoms with Gasteiger partial charge in [-0.1, -0.05) is 103 Å². The van der Waals surface area contributed by atoms with E-state index in [4.69, 9.17) is 9.47 Å². The van der Waals surface area contributed by atoms with E-state index in [2.05, 4.69) is 82.6 Å². The number of piperazine rings is 1. The molecule has 0 N–H and O–H groups in total. The van der Waals surface area contributed by atoms with E-state index in [0.717, 1.165) is 62.8 Å². The first-order chi connectivity index (χ1) is 18.3. The Hall–Kier alpha value is -3.60. The van der Waals surface area contributed by atoms with Crippen LogP contribution in [0.15, 0.2) is 115 Å². The van der Waals surface area contributed by atoms with E-state index in [-0.39, 0.29) is 6.10 Å². The van der Waals surface area contributed by atoms with Gasteiger partial charge in [-0.3, -0.25) is 4.90 Å². The van der Waals surface area contributed by atoms with Crippen molar-refractivity contribution in [2.24, 2.45) is 0 Å². The zero-order valence-corrected chi connectivity index (χ0v) is 21.4. The molecule has 0 bridgehead atoms. The van der Waals surface area contributed by atoms with Gasteiger partial charge < -0.3 is 14.4 Å². The number of rotatable bonds is 11. The van der Waals surface area contributed by atoms with Crippen LogP contribution in [0.25, 0.3) is 0 Å². The Morgan fingerprint density at radius 2 is 1.11 bits per heavy atom. The summed E-state index contributed by atoms with van der Waals surface area (Å²) in [6, 6.07) is 39.6. The Morgan fingerprint density at radius 3 is 1.78 bits per heavy atom. The molecule has 0 aliphatic carbocycles. The highest BCUT2D eigenvalue weighted by Gasteiger charge is 2.21. The Bertz CT molecular complexity index is 1190. The first-order valence-electron chi connectivity index (χ1n) is 13.3. The highest BCUT2D eigenvalue weighted by atomic mass is 16.5. The van der Waals surface area contributed by atoms with E-state index < -0.39 is 0 Å². The summed E-state index contributed by atoms with van der Waals surface area (Å²) in [5.41, 5.74) is 3.73. The molecule has 4 heteroatoms. The number of nitrogens with zero attached hydrogens (tertiary/aromatic N) is 2. The molecular weight excluding hydrogens is 456 g/mol. The molecule has 4 aromatic rings. The van der Waals surface area contributed by atoms with E-state index in [0.29, 0.717) is 6.61 Å². The maximum Gasteiger partial charge on any atom is 0.162 e. The molecule has 1 aliphatic heterocycles. The minimum Gasteiger partial charge on any atom is -0.485 e. The summed E-state index contributed by atoms with van der Waals surface area (Å²) in [5.74, 6) is 1.57. The lowest BCUT2D eigenvalue weighted by Gasteiger charge is -2.35. The highest BCUT2D eigenvalue weighted by Crippen LogP contribution is 2.33. The SMILES string of the molecule is c1ccc(COc2ccccc2O[C@H](CCN2CCN(Cc3ccccc3)CC2)c2ccccc2)cc1. The van der Waals surface area contributed by atoms with Gasteiger partial charge in [0.05, 0.1) is 0 Å². The fourth-order valence-electron chi connectivity index (χ4n) is 4.83.